The number of epoxide rings is 1. The van der Waals surface area contributed by atoms with Crippen molar-refractivity contribution in [2.45, 2.75) is 44.1 Å². The largest absolute Gasteiger partial charge is 0.370 e. The van der Waals surface area contributed by atoms with Crippen LogP contribution >= 0.6 is 15.9 Å². The van der Waals surface area contributed by atoms with Crippen LogP contribution in [-0.4, -0.2) is 26.6 Å². The number of aryl methyl sites for hydroxylation is 1. The summed E-state index contributed by atoms with van der Waals surface area (Å²) < 4.78 is 8.70. The number of aromatic nitrogens is 3. The highest BCUT2D eigenvalue weighted by molar-refractivity contribution is 9.10. The number of hydrogen-bond donors (Lipinski definition) is 0. The van der Waals surface area contributed by atoms with Gasteiger partial charge in [-0.05, 0) is 48.5 Å². The Morgan fingerprint density at radius 2 is 2.16 bits per heavy atom. The van der Waals surface area contributed by atoms with Crippen LogP contribution in [0.2, 0.25) is 0 Å². The molecular formula is C14H16BrN3O. The number of halogens is 1. The molecule has 19 heavy (non-hydrogen) atoms. The molecule has 1 saturated carbocycles. The Labute approximate surface area is 120 Å². The number of ether oxygens (including phenoxy) is 1. The van der Waals surface area contributed by atoms with Crippen LogP contribution in [0.25, 0.3) is 5.52 Å². The van der Waals surface area contributed by atoms with E-state index in [0.717, 1.165) is 22.4 Å². The minimum absolute atomic E-state index is 0.248. The molecule has 0 unspecified atom stereocenters. The highest BCUT2D eigenvalue weighted by Gasteiger charge is 2.47. The van der Waals surface area contributed by atoms with E-state index in [0.29, 0.717) is 5.92 Å². The molecule has 0 atom stereocenters. The van der Waals surface area contributed by atoms with Crippen molar-refractivity contribution in [2.24, 2.45) is 0 Å². The molecule has 3 heterocycles. The Kier molecular flexibility index (Phi) is 2.51. The second-order valence-electron chi connectivity index (χ2n) is 5.74. The summed E-state index contributed by atoms with van der Waals surface area (Å²) in [5, 5.41) is 0. The highest BCUT2D eigenvalue weighted by Crippen LogP contribution is 2.46. The predicted molar refractivity (Wildman–Crippen MR) is 75.3 cm³/mol. The fraction of sp³-hybridized carbons (Fsp3) is 0.571. The monoisotopic (exact) mass is 321 g/mol. The van der Waals surface area contributed by atoms with Gasteiger partial charge in [-0.3, -0.25) is 9.38 Å². The fourth-order valence-corrected chi connectivity index (χ4v) is 3.91. The molecule has 100 valence electrons. The van der Waals surface area contributed by atoms with Crippen LogP contribution in [0.1, 0.15) is 43.1 Å². The molecule has 1 spiro atoms. The maximum Gasteiger partial charge on any atom is 0.134 e. The van der Waals surface area contributed by atoms with Crippen molar-refractivity contribution in [1.82, 2.24) is 14.4 Å². The number of imidazole rings is 1. The van der Waals surface area contributed by atoms with Gasteiger partial charge >= 0.3 is 0 Å². The zero-order valence-electron chi connectivity index (χ0n) is 10.9. The molecule has 4 nitrogen and oxygen atoms in total. The van der Waals surface area contributed by atoms with Gasteiger partial charge in [0.25, 0.3) is 0 Å². The number of rotatable bonds is 1. The Balaban J connectivity index is 1.73. The molecule has 2 aromatic heterocycles. The molecule has 0 radical (unpaired) electrons. The SMILES string of the molecule is Cc1nccn2c1c(Br)nc2[C@H]1CC[C@]2(CC1)CO2. The van der Waals surface area contributed by atoms with E-state index in [-0.39, 0.29) is 5.60 Å². The van der Waals surface area contributed by atoms with Crippen LogP contribution in [0.15, 0.2) is 17.0 Å². The van der Waals surface area contributed by atoms with Gasteiger partial charge in [-0.1, -0.05) is 0 Å². The van der Waals surface area contributed by atoms with Crippen molar-refractivity contribution in [2.75, 3.05) is 6.61 Å². The molecule has 0 bridgehead atoms. The third-order valence-corrected chi connectivity index (χ3v) is 5.09. The average molecular weight is 322 g/mol. The van der Waals surface area contributed by atoms with Gasteiger partial charge < -0.3 is 4.74 Å². The minimum Gasteiger partial charge on any atom is -0.370 e. The van der Waals surface area contributed by atoms with E-state index in [1.54, 1.807) is 0 Å². The molecule has 2 aromatic rings. The standard InChI is InChI=1S/C14H16BrN3O/c1-9-11-12(15)17-13(18(11)7-6-16-9)10-2-4-14(5-3-10)8-19-14/h6-7,10H,2-5,8H2,1H3/t10-,14-. The van der Waals surface area contributed by atoms with Crippen LogP contribution in [0, 0.1) is 6.92 Å². The summed E-state index contributed by atoms with van der Waals surface area (Å²) >= 11 is 3.57. The van der Waals surface area contributed by atoms with Gasteiger partial charge in [-0.2, -0.15) is 0 Å². The third-order valence-electron chi connectivity index (χ3n) is 4.54. The second-order valence-corrected chi connectivity index (χ2v) is 6.49. The second kappa shape index (κ2) is 4.03. The van der Waals surface area contributed by atoms with E-state index < -0.39 is 0 Å². The Bertz CT molecular complexity index is 637. The van der Waals surface area contributed by atoms with E-state index in [1.165, 1.54) is 31.5 Å². The highest BCUT2D eigenvalue weighted by atomic mass is 79.9. The number of fused-ring (bicyclic) bond motifs is 1. The number of hydrogen-bond acceptors (Lipinski definition) is 3. The van der Waals surface area contributed by atoms with Crippen molar-refractivity contribution in [1.29, 1.82) is 0 Å². The zero-order chi connectivity index (χ0) is 13.0. The molecule has 2 aliphatic rings. The molecular weight excluding hydrogens is 306 g/mol. The molecule has 1 saturated heterocycles. The lowest BCUT2D eigenvalue weighted by Crippen LogP contribution is -2.21. The molecule has 0 amide bonds. The maximum atomic E-state index is 5.59. The Hall–Kier alpha value is -0.940. The lowest BCUT2D eigenvalue weighted by molar-refractivity contribution is 0.220. The summed E-state index contributed by atoms with van der Waals surface area (Å²) in [7, 11) is 0. The first-order chi connectivity index (χ1) is 9.19. The van der Waals surface area contributed by atoms with E-state index >= 15 is 0 Å². The molecule has 4 rings (SSSR count). The molecule has 1 aliphatic carbocycles. The summed E-state index contributed by atoms with van der Waals surface area (Å²) in [5.41, 5.74) is 2.37. The van der Waals surface area contributed by atoms with Gasteiger partial charge in [0.15, 0.2) is 0 Å². The topological polar surface area (TPSA) is 42.7 Å². The summed E-state index contributed by atoms with van der Waals surface area (Å²) in [5.74, 6) is 1.71. The van der Waals surface area contributed by atoms with Crippen molar-refractivity contribution in [3.63, 3.8) is 0 Å². The first kappa shape index (κ1) is 11.9. The lowest BCUT2D eigenvalue weighted by atomic mass is 9.82. The van der Waals surface area contributed by atoms with Gasteiger partial charge in [0, 0.05) is 18.3 Å². The van der Waals surface area contributed by atoms with E-state index in [1.807, 2.05) is 19.3 Å². The fourth-order valence-electron chi connectivity index (χ4n) is 3.25. The smallest absolute Gasteiger partial charge is 0.134 e. The molecule has 0 N–H and O–H groups in total. The van der Waals surface area contributed by atoms with Crippen molar-refractivity contribution in [3.8, 4) is 0 Å². The Morgan fingerprint density at radius 3 is 2.84 bits per heavy atom. The van der Waals surface area contributed by atoms with Gasteiger partial charge in [-0.15, -0.1) is 0 Å². The number of nitrogens with zero attached hydrogens (tertiary/aromatic N) is 3. The molecule has 0 aromatic carbocycles. The summed E-state index contributed by atoms with van der Waals surface area (Å²) in [6, 6.07) is 0. The molecule has 1 aliphatic heterocycles. The normalized spacial score (nSPS) is 30.1. The Morgan fingerprint density at radius 1 is 1.42 bits per heavy atom. The average Bonchev–Trinajstić information content (AvgIpc) is 3.07. The quantitative estimate of drug-likeness (QED) is 0.757. The van der Waals surface area contributed by atoms with Gasteiger partial charge in [0.2, 0.25) is 0 Å². The van der Waals surface area contributed by atoms with Crippen molar-refractivity contribution in [3.05, 3.63) is 28.5 Å². The van der Waals surface area contributed by atoms with E-state index in [2.05, 4.69) is 25.3 Å². The minimum atomic E-state index is 0.248. The van der Waals surface area contributed by atoms with E-state index in [4.69, 9.17) is 9.72 Å². The lowest BCUT2D eigenvalue weighted by Gasteiger charge is -2.25. The zero-order valence-corrected chi connectivity index (χ0v) is 12.5. The summed E-state index contributed by atoms with van der Waals surface area (Å²) in [6.07, 6.45) is 8.57. The van der Waals surface area contributed by atoms with Gasteiger partial charge in [0.05, 0.1) is 17.9 Å². The maximum absolute atomic E-state index is 5.59. The molecule has 2 fully saturated rings. The van der Waals surface area contributed by atoms with Gasteiger partial charge in [0.1, 0.15) is 15.9 Å². The third kappa shape index (κ3) is 1.82. The van der Waals surface area contributed by atoms with Crippen LogP contribution in [0.5, 0.6) is 0 Å². The first-order valence-electron chi connectivity index (χ1n) is 6.82. The van der Waals surface area contributed by atoms with Crippen molar-refractivity contribution >= 4 is 21.4 Å². The van der Waals surface area contributed by atoms with Crippen molar-refractivity contribution < 1.29 is 4.74 Å². The molecule has 5 heteroatoms. The van der Waals surface area contributed by atoms with E-state index in [9.17, 15) is 0 Å². The first-order valence-corrected chi connectivity index (χ1v) is 7.61. The summed E-state index contributed by atoms with van der Waals surface area (Å²) in [6.45, 7) is 2.99. The van der Waals surface area contributed by atoms with Crippen LogP contribution in [0.4, 0.5) is 0 Å². The van der Waals surface area contributed by atoms with Crippen LogP contribution in [-0.2, 0) is 4.74 Å². The van der Waals surface area contributed by atoms with Gasteiger partial charge in [-0.25, -0.2) is 4.98 Å². The predicted octanol–water partition coefficient (Wildman–Crippen LogP) is 3.23. The van der Waals surface area contributed by atoms with Crippen LogP contribution < -0.4 is 0 Å². The van der Waals surface area contributed by atoms with Crippen LogP contribution in [0.3, 0.4) is 0 Å². The summed E-state index contributed by atoms with van der Waals surface area (Å²) in [4.78, 5) is 9.09.